The molecule has 0 radical (unpaired) electrons. The fourth-order valence-corrected chi connectivity index (χ4v) is 2.13. The van der Waals surface area contributed by atoms with Crippen molar-refractivity contribution in [1.29, 1.82) is 0 Å². The van der Waals surface area contributed by atoms with Gasteiger partial charge < -0.3 is 15.0 Å². The molecule has 9 heteroatoms. The number of carbonyl (C=O) groups is 2. The molecule has 0 aliphatic heterocycles. The van der Waals surface area contributed by atoms with E-state index >= 15 is 0 Å². The molecule has 0 bridgehead atoms. The van der Waals surface area contributed by atoms with Gasteiger partial charge >= 0.3 is 0 Å². The zero-order valence-electron chi connectivity index (χ0n) is 14.1. The number of benzene rings is 2. The van der Waals surface area contributed by atoms with Gasteiger partial charge in [-0.2, -0.15) is 0 Å². The van der Waals surface area contributed by atoms with Gasteiger partial charge in [0, 0.05) is 30.9 Å². The zero-order valence-corrected chi connectivity index (χ0v) is 14.8. The quantitative estimate of drug-likeness (QED) is 0.616. The van der Waals surface area contributed by atoms with Crippen LogP contribution in [0.25, 0.3) is 0 Å². The van der Waals surface area contributed by atoms with Crippen molar-refractivity contribution in [3.8, 4) is 5.75 Å². The SMILES string of the molecule is CN(C)C(=O)COc1ccc(NC(=O)c2cc(Cl)ccc2[N+](=O)[O-])cc1. The molecule has 0 spiro atoms. The largest absolute Gasteiger partial charge is 0.484 e. The first kappa shape index (κ1) is 19.2. The normalized spacial score (nSPS) is 10.1. The van der Waals surface area contributed by atoms with E-state index in [1.807, 2.05) is 0 Å². The van der Waals surface area contributed by atoms with Gasteiger partial charge in [-0.3, -0.25) is 19.7 Å². The number of hydrogen-bond donors (Lipinski definition) is 1. The highest BCUT2D eigenvalue weighted by Crippen LogP contribution is 2.24. The van der Waals surface area contributed by atoms with Crippen LogP contribution >= 0.6 is 11.6 Å². The number of rotatable bonds is 6. The van der Waals surface area contributed by atoms with Crippen LogP contribution in [0.3, 0.4) is 0 Å². The summed E-state index contributed by atoms with van der Waals surface area (Å²) in [6.45, 7) is -0.104. The molecule has 0 aliphatic rings. The Kier molecular flexibility index (Phi) is 6.13. The van der Waals surface area contributed by atoms with E-state index in [0.29, 0.717) is 11.4 Å². The number of ether oxygens (including phenoxy) is 1. The monoisotopic (exact) mass is 377 g/mol. The van der Waals surface area contributed by atoms with Gasteiger partial charge in [-0.1, -0.05) is 11.6 Å². The number of carbonyl (C=O) groups excluding carboxylic acids is 2. The van der Waals surface area contributed by atoms with Gasteiger partial charge in [-0.05, 0) is 36.4 Å². The minimum atomic E-state index is -0.657. The number of nitrogens with one attached hydrogen (secondary N) is 1. The van der Waals surface area contributed by atoms with E-state index in [2.05, 4.69) is 5.32 Å². The summed E-state index contributed by atoms with van der Waals surface area (Å²) >= 11 is 5.82. The summed E-state index contributed by atoms with van der Waals surface area (Å²) in [7, 11) is 3.25. The lowest BCUT2D eigenvalue weighted by Crippen LogP contribution is -2.27. The molecule has 0 heterocycles. The number of amides is 2. The third-order valence-electron chi connectivity index (χ3n) is 3.37. The molecule has 2 amide bonds. The maximum absolute atomic E-state index is 12.3. The van der Waals surface area contributed by atoms with E-state index in [1.54, 1.807) is 38.4 Å². The summed E-state index contributed by atoms with van der Waals surface area (Å²) in [5.74, 6) is -0.391. The molecule has 2 aromatic carbocycles. The fourth-order valence-electron chi connectivity index (χ4n) is 1.96. The molecular weight excluding hydrogens is 362 g/mol. The minimum Gasteiger partial charge on any atom is -0.484 e. The minimum absolute atomic E-state index is 0.104. The van der Waals surface area contributed by atoms with Crippen molar-refractivity contribution in [2.45, 2.75) is 0 Å². The van der Waals surface area contributed by atoms with Crippen LogP contribution in [-0.2, 0) is 4.79 Å². The number of nitro benzene ring substituents is 1. The number of halogens is 1. The van der Waals surface area contributed by atoms with E-state index in [-0.39, 0.29) is 28.8 Å². The molecule has 0 saturated carbocycles. The Balaban J connectivity index is 2.07. The maximum atomic E-state index is 12.3. The third-order valence-corrected chi connectivity index (χ3v) is 3.61. The van der Waals surface area contributed by atoms with Crippen molar-refractivity contribution in [1.82, 2.24) is 4.90 Å². The van der Waals surface area contributed by atoms with Gasteiger partial charge in [0.2, 0.25) is 0 Å². The third kappa shape index (κ3) is 4.93. The Morgan fingerprint density at radius 1 is 1.19 bits per heavy atom. The van der Waals surface area contributed by atoms with Crippen LogP contribution in [0, 0.1) is 10.1 Å². The van der Waals surface area contributed by atoms with E-state index < -0.39 is 10.8 Å². The predicted octanol–water partition coefficient (Wildman–Crippen LogP) is 2.97. The number of anilines is 1. The van der Waals surface area contributed by atoms with Crippen LogP contribution < -0.4 is 10.1 Å². The standard InChI is InChI=1S/C17H16ClN3O5/c1-20(2)16(22)10-26-13-6-4-12(5-7-13)19-17(23)14-9-11(18)3-8-15(14)21(24)25/h3-9H,10H2,1-2H3,(H,19,23). The number of hydrogen-bond acceptors (Lipinski definition) is 5. The summed E-state index contributed by atoms with van der Waals surface area (Å²) in [6, 6.07) is 10.0. The Hall–Kier alpha value is -3.13. The Morgan fingerprint density at radius 2 is 1.85 bits per heavy atom. The number of likely N-dealkylation sites (N-methyl/N-ethyl adjacent to an activating group) is 1. The molecular formula is C17H16ClN3O5. The van der Waals surface area contributed by atoms with Crippen molar-refractivity contribution < 1.29 is 19.2 Å². The van der Waals surface area contributed by atoms with Crippen molar-refractivity contribution in [2.75, 3.05) is 26.0 Å². The van der Waals surface area contributed by atoms with Gasteiger partial charge in [-0.15, -0.1) is 0 Å². The lowest BCUT2D eigenvalue weighted by atomic mass is 10.1. The van der Waals surface area contributed by atoms with Crippen molar-refractivity contribution >= 4 is 34.8 Å². The van der Waals surface area contributed by atoms with Crippen LogP contribution in [0.4, 0.5) is 11.4 Å². The molecule has 26 heavy (non-hydrogen) atoms. The van der Waals surface area contributed by atoms with Gasteiger partial charge in [0.25, 0.3) is 17.5 Å². The summed E-state index contributed by atoms with van der Waals surface area (Å²) in [5.41, 5.74) is -0.0657. The van der Waals surface area contributed by atoms with Crippen LogP contribution in [0.15, 0.2) is 42.5 Å². The second-order valence-electron chi connectivity index (χ2n) is 5.47. The van der Waals surface area contributed by atoms with Gasteiger partial charge in [0.05, 0.1) is 4.92 Å². The average Bonchev–Trinajstić information content (AvgIpc) is 2.60. The lowest BCUT2D eigenvalue weighted by Gasteiger charge is -2.12. The highest BCUT2D eigenvalue weighted by molar-refractivity contribution is 6.31. The summed E-state index contributed by atoms with van der Waals surface area (Å²) in [4.78, 5) is 35.6. The first-order valence-electron chi connectivity index (χ1n) is 7.46. The zero-order chi connectivity index (χ0) is 19.3. The average molecular weight is 378 g/mol. The molecule has 0 unspecified atom stereocenters. The molecule has 0 aromatic heterocycles. The smallest absolute Gasteiger partial charge is 0.282 e. The van der Waals surface area contributed by atoms with Crippen LogP contribution in [0.5, 0.6) is 5.75 Å². The van der Waals surface area contributed by atoms with Crippen molar-refractivity contribution in [2.24, 2.45) is 0 Å². The topological polar surface area (TPSA) is 102 Å². The molecule has 0 atom stereocenters. The van der Waals surface area contributed by atoms with E-state index in [1.165, 1.54) is 23.1 Å². The van der Waals surface area contributed by atoms with Gasteiger partial charge in [0.15, 0.2) is 6.61 Å². The first-order valence-corrected chi connectivity index (χ1v) is 7.84. The summed E-state index contributed by atoms with van der Waals surface area (Å²) in [6.07, 6.45) is 0. The molecule has 8 nitrogen and oxygen atoms in total. The molecule has 2 aromatic rings. The highest BCUT2D eigenvalue weighted by atomic mass is 35.5. The lowest BCUT2D eigenvalue weighted by molar-refractivity contribution is -0.385. The van der Waals surface area contributed by atoms with Crippen molar-refractivity contribution in [3.63, 3.8) is 0 Å². The summed E-state index contributed by atoms with van der Waals surface area (Å²) in [5, 5.41) is 13.8. The van der Waals surface area contributed by atoms with Crippen LogP contribution in [-0.4, -0.2) is 42.3 Å². The molecule has 0 saturated heterocycles. The number of nitrogens with zero attached hydrogens (tertiary/aromatic N) is 2. The van der Waals surface area contributed by atoms with E-state index in [4.69, 9.17) is 16.3 Å². The number of nitro groups is 1. The Bertz CT molecular complexity index is 837. The molecule has 2 rings (SSSR count). The second kappa shape index (κ2) is 8.30. The van der Waals surface area contributed by atoms with Crippen LogP contribution in [0.1, 0.15) is 10.4 Å². The van der Waals surface area contributed by atoms with E-state index in [9.17, 15) is 19.7 Å². The molecule has 136 valence electrons. The maximum Gasteiger partial charge on any atom is 0.282 e. The Morgan fingerprint density at radius 3 is 2.42 bits per heavy atom. The highest BCUT2D eigenvalue weighted by Gasteiger charge is 2.20. The van der Waals surface area contributed by atoms with Crippen LogP contribution in [0.2, 0.25) is 5.02 Å². The van der Waals surface area contributed by atoms with Gasteiger partial charge in [-0.25, -0.2) is 0 Å². The first-order chi connectivity index (χ1) is 12.3. The van der Waals surface area contributed by atoms with E-state index in [0.717, 1.165) is 0 Å². The summed E-state index contributed by atoms with van der Waals surface area (Å²) < 4.78 is 5.33. The second-order valence-corrected chi connectivity index (χ2v) is 5.91. The Labute approximate surface area is 154 Å². The van der Waals surface area contributed by atoms with Gasteiger partial charge in [0.1, 0.15) is 11.3 Å². The molecule has 0 aliphatic carbocycles. The fraction of sp³-hybridized carbons (Fsp3) is 0.176. The van der Waals surface area contributed by atoms with Crippen molar-refractivity contribution in [3.05, 3.63) is 63.2 Å². The molecule has 0 fully saturated rings. The molecule has 1 N–H and O–H groups in total. The predicted molar refractivity (Wildman–Crippen MR) is 96.7 cm³/mol.